The highest BCUT2D eigenvalue weighted by Crippen LogP contribution is 2.48. The molecule has 2 N–H and O–H groups in total. The Hall–Kier alpha value is -4.25. The zero-order chi connectivity index (χ0) is 23.1. The summed E-state index contributed by atoms with van der Waals surface area (Å²) in [4.78, 5) is 5.12. The van der Waals surface area contributed by atoms with E-state index in [-0.39, 0.29) is 0 Å². The van der Waals surface area contributed by atoms with Gasteiger partial charge in [0.05, 0.1) is 7.11 Å². The molecule has 0 saturated carbocycles. The first-order valence-electron chi connectivity index (χ1n) is 11.3. The quantitative estimate of drug-likeness (QED) is 0.469. The number of benzene rings is 4. The fourth-order valence-corrected chi connectivity index (χ4v) is 4.92. The monoisotopic (exact) mass is 448 g/mol. The van der Waals surface area contributed by atoms with Crippen LogP contribution in [0.2, 0.25) is 0 Å². The number of aliphatic imine (C=N–C) groups is 1. The maximum absolute atomic E-state index is 6.50. The van der Waals surface area contributed by atoms with Gasteiger partial charge in [0.2, 0.25) is 0 Å². The molecule has 0 aliphatic carbocycles. The second-order valence-corrected chi connectivity index (χ2v) is 8.42. The third-order valence-electron chi connectivity index (χ3n) is 6.52. The van der Waals surface area contributed by atoms with Crippen LogP contribution in [0, 0.1) is 0 Å². The lowest BCUT2D eigenvalue weighted by atomic mass is 9.77. The van der Waals surface area contributed by atoms with E-state index in [0.29, 0.717) is 19.0 Å². The summed E-state index contributed by atoms with van der Waals surface area (Å²) in [5.74, 6) is 2.82. The predicted octanol–water partition coefficient (Wildman–Crippen LogP) is 5.14. The smallest absolute Gasteiger partial charge is 0.161 e. The molecule has 34 heavy (non-hydrogen) atoms. The molecule has 5 nitrogen and oxygen atoms in total. The number of nitrogens with two attached hydrogens (primary N) is 1. The number of nitrogens with zero attached hydrogens (tertiary/aromatic N) is 1. The van der Waals surface area contributed by atoms with Crippen molar-refractivity contribution in [2.45, 2.75) is 5.54 Å². The molecule has 1 unspecified atom stereocenters. The van der Waals surface area contributed by atoms with Gasteiger partial charge < -0.3 is 19.9 Å². The van der Waals surface area contributed by atoms with E-state index in [1.165, 1.54) is 0 Å². The molecule has 0 bridgehead atoms. The molecule has 168 valence electrons. The van der Waals surface area contributed by atoms with Gasteiger partial charge in [0.15, 0.2) is 11.5 Å². The second-order valence-electron chi connectivity index (χ2n) is 8.42. The van der Waals surface area contributed by atoms with Gasteiger partial charge >= 0.3 is 0 Å². The van der Waals surface area contributed by atoms with Crippen molar-refractivity contribution in [2.75, 3.05) is 20.3 Å². The highest BCUT2D eigenvalue weighted by molar-refractivity contribution is 6.03. The Kier molecular flexibility index (Phi) is 4.77. The molecule has 4 aromatic carbocycles. The lowest BCUT2D eigenvalue weighted by Gasteiger charge is -2.31. The number of amidine groups is 1. The fourth-order valence-electron chi connectivity index (χ4n) is 4.92. The van der Waals surface area contributed by atoms with Crippen LogP contribution < -0.4 is 19.9 Å². The van der Waals surface area contributed by atoms with Crippen molar-refractivity contribution in [2.24, 2.45) is 10.7 Å². The molecule has 2 aliphatic heterocycles. The number of rotatable bonds is 4. The first-order chi connectivity index (χ1) is 16.7. The van der Waals surface area contributed by atoms with Crippen molar-refractivity contribution >= 4 is 5.84 Å². The third kappa shape index (κ3) is 3.12. The highest BCUT2D eigenvalue weighted by Gasteiger charge is 2.43. The van der Waals surface area contributed by atoms with Crippen molar-refractivity contribution in [1.29, 1.82) is 0 Å². The Morgan fingerprint density at radius 2 is 1.50 bits per heavy atom. The van der Waals surface area contributed by atoms with Gasteiger partial charge in [0, 0.05) is 5.56 Å². The number of methoxy groups -OCH3 is 1. The Balaban J connectivity index is 1.59. The molecule has 0 spiro atoms. The van der Waals surface area contributed by atoms with E-state index < -0.39 is 5.54 Å². The van der Waals surface area contributed by atoms with Crippen molar-refractivity contribution in [3.05, 3.63) is 113 Å². The van der Waals surface area contributed by atoms with Crippen molar-refractivity contribution in [1.82, 2.24) is 0 Å². The van der Waals surface area contributed by atoms with E-state index in [0.717, 1.165) is 50.6 Å². The van der Waals surface area contributed by atoms with Gasteiger partial charge in [-0.3, -0.25) is 0 Å². The molecule has 2 aliphatic rings. The van der Waals surface area contributed by atoms with Gasteiger partial charge in [-0.2, -0.15) is 0 Å². The molecule has 6 rings (SSSR count). The SMILES string of the molecule is COc1cccc(-c2cccc(C3(c4ccc5c(c4)OCCO5)N=C(N)c4ccccc43)c2)c1. The molecule has 0 aromatic heterocycles. The number of fused-ring (bicyclic) bond motifs is 2. The Bertz CT molecular complexity index is 1430. The van der Waals surface area contributed by atoms with Crippen molar-refractivity contribution < 1.29 is 14.2 Å². The summed E-state index contributed by atoms with van der Waals surface area (Å²) in [7, 11) is 1.68. The summed E-state index contributed by atoms with van der Waals surface area (Å²) < 4.78 is 17.1. The normalized spacial score (nSPS) is 18.2. The number of ether oxygens (including phenoxy) is 3. The molecule has 5 heteroatoms. The van der Waals surface area contributed by atoms with Crippen LogP contribution >= 0.6 is 0 Å². The first kappa shape index (κ1) is 20.4. The van der Waals surface area contributed by atoms with E-state index in [2.05, 4.69) is 42.5 Å². The molecule has 2 heterocycles. The zero-order valence-electron chi connectivity index (χ0n) is 18.8. The molecular formula is C29H24N2O3. The van der Waals surface area contributed by atoms with Gasteiger partial charge in [0.1, 0.15) is 30.3 Å². The standard InChI is InChI=1S/C29H24N2O3/c1-32-23-9-5-7-20(17-23)19-6-4-8-21(16-19)29(25-11-3-2-10-24(25)28(30)31-29)22-12-13-26-27(18-22)34-15-14-33-26/h2-13,16-18H,14-15H2,1H3,(H2,30,31). The predicted molar refractivity (Wildman–Crippen MR) is 133 cm³/mol. The topological polar surface area (TPSA) is 66.1 Å². The highest BCUT2D eigenvalue weighted by atomic mass is 16.6. The minimum Gasteiger partial charge on any atom is -0.497 e. The average molecular weight is 449 g/mol. The van der Waals surface area contributed by atoms with E-state index in [4.69, 9.17) is 24.9 Å². The molecule has 1 atom stereocenters. The van der Waals surface area contributed by atoms with Crippen LogP contribution in [0.15, 0.2) is 96.0 Å². The summed E-state index contributed by atoms with van der Waals surface area (Å²) in [6, 6.07) is 30.7. The lowest BCUT2D eigenvalue weighted by molar-refractivity contribution is 0.171. The van der Waals surface area contributed by atoms with Gasteiger partial charge in [-0.1, -0.05) is 60.7 Å². The molecule has 0 saturated heterocycles. The van der Waals surface area contributed by atoms with Gasteiger partial charge in [-0.25, -0.2) is 4.99 Å². The van der Waals surface area contributed by atoms with Crippen molar-refractivity contribution in [3.63, 3.8) is 0 Å². The molecule has 0 fully saturated rings. The maximum Gasteiger partial charge on any atom is 0.161 e. The van der Waals surface area contributed by atoms with E-state index in [1.807, 2.05) is 48.5 Å². The fraction of sp³-hybridized carbons (Fsp3) is 0.138. The minimum absolute atomic E-state index is 0.525. The number of hydrogen-bond donors (Lipinski definition) is 1. The Labute approximate surface area is 198 Å². The van der Waals surface area contributed by atoms with Crippen LogP contribution in [0.25, 0.3) is 11.1 Å². The molecule has 4 aromatic rings. The largest absolute Gasteiger partial charge is 0.497 e. The van der Waals surface area contributed by atoms with Crippen LogP contribution in [0.5, 0.6) is 17.2 Å². The number of hydrogen-bond acceptors (Lipinski definition) is 5. The van der Waals surface area contributed by atoms with Gasteiger partial charge in [0.25, 0.3) is 0 Å². The minimum atomic E-state index is -0.800. The molecular weight excluding hydrogens is 424 g/mol. The lowest BCUT2D eigenvalue weighted by Crippen LogP contribution is -2.26. The summed E-state index contributed by atoms with van der Waals surface area (Å²) in [6.45, 7) is 1.07. The van der Waals surface area contributed by atoms with Gasteiger partial charge in [-0.15, -0.1) is 0 Å². The summed E-state index contributed by atoms with van der Waals surface area (Å²) >= 11 is 0. The molecule has 0 radical (unpaired) electrons. The van der Waals surface area contributed by atoms with E-state index in [9.17, 15) is 0 Å². The van der Waals surface area contributed by atoms with Crippen LogP contribution in [0.3, 0.4) is 0 Å². The summed E-state index contributed by atoms with van der Waals surface area (Å²) in [5.41, 5.74) is 11.8. The summed E-state index contributed by atoms with van der Waals surface area (Å²) in [5, 5.41) is 0. The second kappa shape index (κ2) is 7.96. The van der Waals surface area contributed by atoms with Crippen LogP contribution in [0.1, 0.15) is 22.3 Å². The molecule has 0 amide bonds. The average Bonchev–Trinajstić information content (AvgIpc) is 3.22. The van der Waals surface area contributed by atoms with Crippen molar-refractivity contribution in [3.8, 4) is 28.4 Å². The third-order valence-corrected chi connectivity index (χ3v) is 6.52. The van der Waals surface area contributed by atoms with Crippen LogP contribution in [-0.4, -0.2) is 26.2 Å². The van der Waals surface area contributed by atoms with Gasteiger partial charge in [-0.05, 0) is 58.1 Å². The van der Waals surface area contributed by atoms with E-state index in [1.54, 1.807) is 7.11 Å². The maximum atomic E-state index is 6.50. The van der Waals surface area contributed by atoms with Crippen LogP contribution in [0.4, 0.5) is 0 Å². The summed E-state index contributed by atoms with van der Waals surface area (Å²) in [6.07, 6.45) is 0. The zero-order valence-corrected chi connectivity index (χ0v) is 18.8. The first-order valence-corrected chi connectivity index (χ1v) is 11.3. The Morgan fingerprint density at radius 1 is 0.765 bits per heavy atom. The Morgan fingerprint density at radius 3 is 2.35 bits per heavy atom. The van der Waals surface area contributed by atoms with Crippen LogP contribution in [-0.2, 0) is 5.54 Å². The van der Waals surface area contributed by atoms with E-state index >= 15 is 0 Å².